The summed E-state index contributed by atoms with van der Waals surface area (Å²) in [6.07, 6.45) is 6.40. The summed E-state index contributed by atoms with van der Waals surface area (Å²) in [5.41, 5.74) is 3.03. The Hall–Kier alpha value is -1.98. The Kier molecular flexibility index (Phi) is 3.98. The van der Waals surface area contributed by atoms with Gasteiger partial charge in [-0.15, -0.1) is 0 Å². The second-order valence-corrected chi connectivity index (χ2v) is 7.18. The molecule has 5 heteroatoms. The van der Waals surface area contributed by atoms with Crippen LogP contribution in [0.5, 0.6) is 0 Å². The van der Waals surface area contributed by atoms with Crippen LogP contribution in [0.1, 0.15) is 12.0 Å². The van der Waals surface area contributed by atoms with E-state index in [9.17, 15) is 5.11 Å². The van der Waals surface area contributed by atoms with Gasteiger partial charge in [-0.3, -0.25) is 9.97 Å². The normalized spacial score (nSPS) is 20.7. The first-order valence-electron chi connectivity index (χ1n) is 8.03. The standard InChI is InChI=1S/C19H18BrN3O/c20-16-11-21-10-15-17(6-8-22-18(15)16)23-9-7-19(12-23,13-24)14-4-2-1-3-5-14/h1-6,8,10-11,24H,7,9,12-13H2. The molecule has 0 saturated carbocycles. The monoisotopic (exact) mass is 383 g/mol. The van der Waals surface area contributed by atoms with Crippen LogP contribution in [0.2, 0.25) is 0 Å². The summed E-state index contributed by atoms with van der Waals surface area (Å²) < 4.78 is 0.900. The van der Waals surface area contributed by atoms with Crippen molar-refractivity contribution in [1.82, 2.24) is 9.97 Å². The molecule has 3 heterocycles. The lowest BCUT2D eigenvalue weighted by Gasteiger charge is -2.28. The summed E-state index contributed by atoms with van der Waals surface area (Å²) >= 11 is 3.53. The number of hydrogen-bond donors (Lipinski definition) is 1. The first kappa shape index (κ1) is 15.5. The Morgan fingerprint density at radius 1 is 1.17 bits per heavy atom. The Morgan fingerprint density at radius 2 is 2.00 bits per heavy atom. The number of pyridine rings is 2. The largest absolute Gasteiger partial charge is 0.395 e. The van der Waals surface area contributed by atoms with Crippen molar-refractivity contribution in [3.05, 3.63) is 65.0 Å². The summed E-state index contributed by atoms with van der Waals surface area (Å²) in [6, 6.07) is 12.4. The summed E-state index contributed by atoms with van der Waals surface area (Å²) in [6.45, 7) is 1.85. The fraction of sp³-hybridized carbons (Fsp3) is 0.263. The zero-order valence-corrected chi connectivity index (χ0v) is 14.8. The van der Waals surface area contributed by atoms with E-state index in [4.69, 9.17) is 0 Å². The average molecular weight is 384 g/mol. The van der Waals surface area contributed by atoms with Gasteiger partial charge < -0.3 is 10.0 Å². The first-order valence-corrected chi connectivity index (χ1v) is 8.82. The molecule has 1 aliphatic heterocycles. The molecule has 24 heavy (non-hydrogen) atoms. The number of aliphatic hydroxyl groups is 1. The number of rotatable bonds is 3. The quantitative estimate of drug-likeness (QED) is 0.751. The molecule has 1 fully saturated rings. The van der Waals surface area contributed by atoms with E-state index in [1.165, 1.54) is 5.56 Å². The van der Waals surface area contributed by atoms with Gasteiger partial charge in [0.25, 0.3) is 0 Å². The zero-order chi connectivity index (χ0) is 16.6. The van der Waals surface area contributed by atoms with Crippen LogP contribution < -0.4 is 4.90 Å². The number of aliphatic hydroxyl groups excluding tert-OH is 1. The summed E-state index contributed by atoms with van der Waals surface area (Å²) in [5.74, 6) is 0. The van der Waals surface area contributed by atoms with Gasteiger partial charge in [0.15, 0.2) is 0 Å². The van der Waals surface area contributed by atoms with Gasteiger partial charge in [0.05, 0.1) is 16.6 Å². The molecule has 4 nitrogen and oxygen atoms in total. The molecule has 0 spiro atoms. The van der Waals surface area contributed by atoms with E-state index in [1.54, 1.807) is 6.20 Å². The maximum Gasteiger partial charge on any atom is 0.0895 e. The highest BCUT2D eigenvalue weighted by atomic mass is 79.9. The molecule has 122 valence electrons. The molecule has 1 N–H and O–H groups in total. The van der Waals surface area contributed by atoms with E-state index < -0.39 is 0 Å². The SMILES string of the molecule is OCC1(c2ccccc2)CCN(c2ccnc3c(Br)cncc23)C1. The fourth-order valence-corrected chi connectivity index (χ4v) is 4.05. The van der Waals surface area contributed by atoms with Crippen LogP contribution in [0.25, 0.3) is 10.9 Å². The summed E-state index contributed by atoms with van der Waals surface area (Å²) in [7, 11) is 0. The minimum atomic E-state index is -0.212. The van der Waals surface area contributed by atoms with Crippen molar-refractivity contribution in [3.8, 4) is 0 Å². The van der Waals surface area contributed by atoms with Crippen LogP contribution in [0.3, 0.4) is 0 Å². The number of aromatic nitrogens is 2. The lowest BCUT2D eigenvalue weighted by molar-refractivity contribution is 0.207. The van der Waals surface area contributed by atoms with E-state index in [1.807, 2.05) is 36.7 Å². The topological polar surface area (TPSA) is 49.2 Å². The number of nitrogens with zero attached hydrogens (tertiary/aromatic N) is 3. The Labute approximate surface area is 149 Å². The molecule has 1 aliphatic rings. The highest BCUT2D eigenvalue weighted by Gasteiger charge is 2.39. The van der Waals surface area contributed by atoms with Crippen molar-refractivity contribution in [3.63, 3.8) is 0 Å². The highest BCUT2D eigenvalue weighted by Crippen LogP contribution is 2.39. The van der Waals surface area contributed by atoms with Crippen molar-refractivity contribution in [2.24, 2.45) is 0 Å². The molecule has 0 amide bonds. The lowest BCUT2D eigenvalue weighted by atomic mass is 9.80. The predicted octanol–water partition coefficient (Wildman–Crippen LogP) is 3.53. The highest BCUT2D eigenvalue weighted by molar-refractivity contribution is 9.10. The van der Waals surface area contributed by atoms with Gasteiger partial charge in [-0.05, 0) is 34.0 Å². The van der Waals surface area contributed by atoms with Crippen molar-refractivity contribution >= 4 is 32.5 Å². The van der Waals surface area contributed by atoms with Gasteiger partial charge in [-0.2, -0.15) is 0 Å². The van der Waals surface area contributed by atoms with Crippen molar-refractivity contribution < 1.29 is 5.11 Å². The van der Waals surface area contributed by atoms with Gasteiger partial charge in [-0.1, -0.05) is 30.3 Å². The first-order chi connectivity index (χ1) is 11.7. The molecule has 1 unspecified atom stereocenters. The molecule has 3 aromatic rings. The molecule has 1 saturated heterocycles. The van der Waals surface area contributed by atoms with E-state index in [-0.39, 0.29) is 12.0 Å². The number of benzene rings is 1. The van der Waals surface area contributed by atoms with Crippen LogP contribution in [-0.4, -0.2) is 34.8 Å². The Balaban J connectivity index is 1.74. The van der Waals surface area contributed by atoms with Gasteiger partial charge in [0.2, 0.25) is 0 Å². The van der Waals surface area contributed by atoms with E-state index in [0.717, 1.165) is 40.6 Å². The second kappa shape index (κ2) is 6.15. The predicted molar refractivity (Wildman–Crippen MR) is 99.3 cm³/mol. The number of halogens is 1. The molecule has 2 aromatic heterocycles. The maximum atomic E-state index is 10.1. The molecule has 0 aliphatic carbocycles. The van der Waals surface area contributed by atoms with Crippen molar-refractivity contribution in [2.75, 3.05) is 24.6 Å². The van der Waals surface area contributed by atoms with E-state index in [0.29, 0.717) is 0 Å². The smallest absolute Gasteiger partial charge is 0.0895 e. The molecule has 4 rings (SSSR count). The second-order valence-electron chi connectivity index (χ2n) is 6.32. The number of anilines is 1. The van der Waals surface area contributed by atoms with E-state index in [2.05, 4.69) is 42.9 Å². The number of fused-ring (bicyclic) bond motifs is 1. The maximum absolute atomic E-state index is 10.1. The van der Waals surface area contributed by atoms with E-state index >= 15 is 0 Å². The van der Waals surface area contributed by atoms with Crippen molar-refractivity contribution in [1.29, 1.82) is 0 Å². The minimum absolute atomic E-state index is 0.151. The fourth-order valence-electron chi connectivity index (χ4n) is 3.62. The van der Waals surface area contributed by atoms with Crippen LogP contribution >= 0.6 is 15.9 Å². The minimum Gasteiger partial charge on any atom is -0.395 e. The number of hydrogen-bond acceptors (Lipinski definition) is 4. The van der Waals surface area contributed by atoms with Gasteiger partial charge in [0.1, 0.15) is 0 Å². The molecular weight excluding hydrogens is 366 g/mol. The Morgan fingerprint density at radius 3 is 2.79 bits per heavy atom. The third kappa shape index (κ3) is 2.48. The third-order valence-corrected chi connectivity index (χ3v) is 5.55. The molecule has 1 atom stereocenters. The Bertz CT molecular complexity index is 871. The molecule has 0 radical (unpaired) electrons. The van der Waals surface area contributed by atoms with Crippen LogP contribution in [0.15, 0.2) is 59.5 Å². The van der Waals surface area contributed by atoms with Crippen LogP contribution in [0.4, 0.5) is 5.69 Å². The summed E-state index contributed by atoms with van der Waals surface area (Å²) in [4.78, 5) is 11.1. The zero-order valence-electron chi connectivity index (χ0n) is 13.2. The third-order valence-electron chi connectivity index (χ3n) is 4.97. The van der Waals surface area contributed by atoms with Gasteiger partial charge in [-0.25, -0.2) is 0 Å². The van der Waals surface area contributed by atoms with Crippen molar-refractivity contribution in [2.45, 2.75) is 11.8 Å². The lowest BCUT2D eigenvalue weighted by Crippen LogP contribution is -2.34. The molecule has 1 aromatic carbocycles. The van der Waals surface area contributed by atoms with Gasteiger partial charge >= 0.3 is 0 Å². The molecule has 0 bridgehead atoms. The van der Waals surface area contributed by atoms with Gasteiger partial charge in [0, 0.05) is 48.2 Å². The van der Waals surface area contributed by atoms with Crippen LogP contribution in [-0.2, 0) is 5.41 Å². The van der Waals surface area contributed by atoms with Crippen LogP contribution in [0, 0.1) is 0 Å². The summed E-state index contributed by atoms with van der Waals surface area (Å²) in [5, 5.41) is 11.2. The molecular formula is C19H18BrN3O. The average Bonchev–Trinajstić information content (AvgIpc) is 3.08.